The summed E-state index contributed by atoms with van der Waals surface area (Å²) >= 11 is 1.41. The molecule has 0 aliphatic carbocycles. The van der Waals surface area contributed by atoms with Gasteiger partial charge in [0.1, 0.15) is 11.6 Å². The van der Waals surface area contributed by atoms with Gasteiger partial charge in [0.25, 0.3) is 11.7 Å². The van der Waals surface area contributed by atoms with Crippen LogP contribution in [-0.4, -0.2) is 21.7 Å². The van der Waals surface area contributed by atoms with E-state index >= 15 is 0 Å². The molecule has 1 N–H and O–H groups in total. The number of amides is 1. The van der Waals surface area contributed by atoms with E-state index in [4.69, 9.17) is 0 Å². The molecule has 3 aromatic rings. The van der Waals surface area contributed by atoms with Crippen molar-refractivity contribution in [2.24, 2.45) is 0 Å². The molecule has 0 bridgehead atoms. The Morgan fingerprint density at radius 2 is 1.76 bits per heavy atom. The van der Waals surface area contributed by atoms with Gasteiger partial charge in [0.15, 0.2) is 0 Å². The van der Waals surface area contributed by atoms with Gasteiger partial charge < -0.3 is 10.0 Å². The summed E-state index contributed by atoms with van der Waals surface area (Å²) in [5.74, 6) is -1.96. The number of hydrogen-bond donors (Lipinski definition) is 1. The molecule has 4 nitrogen and oxygen atoms in total. The molecule has 1 unspecified atom stereocenters. The van der Waals surface area contributed by atoms with E-state index in [1.807, 2.05) is 36.6 Å². The highest BCUT2D eigenvalue weighted by Crippen LogP contribution is 2.41. The van der Waals surface area contributed by atoms with Crippen molar-refractivity contribution in [2.75, 3.05) is 0 Å². The van der Waals surface area contributed by atoms with Crippen molar-refractivity contribution in [3.8, 4) is 0 Å². The van der Waals surface area contributed by atoms with Crippen molar-refractivity contribution in [3.05, 3.63) is 99.0 Å². The maximum Gasteiger partial charge on any atom is 0.295 e. The topological polar surface area (TPSA) is 57.6 Å². The van der Waals surface area contributed by atoms with Crippen molar-refractivity contribution >= 4 is 28.8 Å². The number of aryl methyl sites for hydroxylation is 1. The van der Waals surface area contributed by atoms with Crippen molar-refractivity contribution < 1.29 is 19.1 Å². The van der Waals surface area contributed by atoms with Crippen LogP contribution in [0, 0.1) is 12.7 Å². The lowest BCUT2D eigenvalue weighted by molar-refractivity contribution is -0.140. The SMILES string of the molecule is Cc1ccc(/C(O)=C2/C(=O)C(=O)N(Cc3ccc(F)cc3)C2c2cccs2)cc1. The minimum atomic E-state index is -0.719. The summed E-state index contributed by atoms with van der Waals surface area (Å²) in [6.07, 6.45) is 0. The molecule has 4 rings (SSSR count). The fraction of sp³-hybridized carbons (Fsp3) is 0.130. The number of thiophene rings is 1. The van der Waals surface area contributed by atoms with Crippen LogP contribution in [0.3, 0.4) is 0 Å². The highest BCUT2D eigenvalue weighted by Gasteiger charge is 2.46. The van der Waals surface area contributed by atoms with Crippen LogP contribution < -0.4 is 0 Å². The molecule has 1 aliphatic heterocycles. The lowest BCUT2D eigenvalue weighted by atomic mass is 9.99. The summed E-state index contributed by atoms with van der Waals surface area (Å²) in [4.78, 5) is 27.9. The Morgan fingerprint density at radius 1 is 1.07 bits per heavy atom. The van der Waals surface area contributed by atoms with Crippen LogP contribution in [0.2, 0.25) is 0 Å². The Labute approximate surface area is 171 Å². The molecular weight excluding hydrogens is 389 g/mol. The quantitative estimate of drug-likeness (QED) is 0.383. The maximum atomic E-state index is 13.2. The fourth-order valence-corrected chi connectivity index (χ4v) is 4.28. The van der Waals surface area contributed by atoms with E-state index in [1.54, 1.807) is 24.3 Å². The van der Waals surface area contributed by atoms with Crippen LogP contribution in [-0.2, 0) is 16.1 Å². The molecule has 1 aliphatic rings. The first-order valence-electron chi connectivity index (χ1n) is 9.09. The molecule has 1 saturated heterocycles. The van der Waals surface area contributed by atoms with Crippen LogP contribution >= 0.6 is 11.3 Å². The number of nitrogens with zero attached hydrogens (tertiary/aromatic N) is 1. The van der Waals surface area contributed by atoms with Crippen molar-refractivity contribution in [1.82, 2.24) is 4.90 Å². The molecule has 1 fully saturated rings. The first kappa shape index (κ1) is 19.1. The average Bonchev–Trinajstić information content (AvgIpc) is 3.32. The molecular formula is C23H18FNO3S. The number of likely N-dealkylation sites (tertiary alicyclic amines) is 1. The van der Waals surface area contributed by atoms with Gasteiger partial charge in [-0.1, -0.05) is 48.0 Å². The van der Waals surface area contributed by atoms with Gasteiger partial charge in [-0.15, -0.1) is 11.3 Å². The summed E-state index contributed by atoms with van der Waals surface area (Å²) < 4.78 is 13.2. The maximum absolute atomic E-state index is 13.2. The van der Waals surface area contributed by atoms with Gasteiger partial charge >= 0.3 is 0 Å². The monoisotopic (exact) mass is 407 g/mol. The molecule has 2 heterocycles. The molecule has 1 amide bonds. The standard InChI is InChI=1S/C23H18FNO3S/c1-14-4-8-16(9-5-14)21(26)19-20(18-3-2-12-29-18)25(23(28)22(19)27)13-15-6-10-17(24)11-7-15/h2-12,20,26H,13H2,1H3/b21-19-. The largest absolute Gasteiger partial charge is 0.507 e. The van der Waals surface area contributed by atoms with Gasteiger partial charge in [0, 0.05) is 17.0 Å². The van der Waals surface area contributed by atoms with Crippen LogP contribution in [0.4, 0.5) is 4.39 Å². The number of aliphatic hydroxyl groups is 1. The average molecular weight is 407 g/mol. The van der Waals surface area contributed by atoms with E-state index < -0.39 is 17.7 Å². The van der Waals surface area contributed by atoms with Gasteiger partial charge in [-0.3, -0.25) is 9.59 Å². The normalized spacial score (nSPS) is 18.4. The van der Waals surface area contributed by atoms with Crippen LogP contribution in [0.5, 0.6) is 0 Å². The number of carbonyl (C=O) groups is 2. The predicted octanol–water partition coefficient (Wildman–Crippen LogP) is 4.82. The van der Waals surface area contributed by atoms with Gasteiger partial charge in [0.2, 0.25) is 0 Å². The van der Waals surface area contributed by atoms with E-state index in [0.717, 1.165) is 10.4 Å². The van der Waals surface area contributed by atoms with Gasteiger partial charge in [-0.25, -0.2) is 4.39 Å². The lowest BCUT2D eigenvalue weighted by Gasteiger charge is -2.24. The zero-order valence-electron chi connectivity index (χ0n) is 15.6. The Kier molecular flexibility index (Phi) is 5.03. The minimum absolute atomic E-state index is 0.0726. The third-order valence-electron chi connectivity index (χ3n) is 4.94. The van der Waals surface area contributed by atoms with Gasteiger partial charge in [0.05, 0.1) is 11.6 Å². The number of benzene rings is 2. The molecule has 1 aromatic heterocycles. The van der Waals surface area contributed by atoms with Crippen molar-refractivity contribution in [2.45, 2.75) is 19.5 Å². The lowest BCUT2D eigenvalue weighted by Crippen LogP contribution is -2.28. The Balaban J connectivity index is 1.81. The molecule has 0 saturated carbocycles. The smallest absolute Gasteiger partial charge is 0.295 e. The van der Waals surface area contributed by atoms with E-state index in [1.165, 1.54) is 28.4 Å². The third kappa shape index (κ3) is 3.59. The second kappa shape index (κ2) is 7.64. The van der Waals surface area contributed by atoms with E-state index in [0.29, 0.717) is 11.1 Å². The first-order valence-corrected chi connectivity index (χ1v) is 9.97. The number of halogens is 1. The summed E-state index contributed by atoms with van der Waals surface area (Å²) in [5.41, 5.74) is 2.28. The molecule has 1 atom stereocenters. The second-order valence-electron chi connectivity index (χ2n) is 6.93. The Morgan fingerprint density at radius 3 is 2.38 bits per heavy atom. The number of ketones is 1. The van der Waals surface area contributed by atoms with Crippen LogP contribution in [0.15, 0.2) is 71.6 Å². The van der Waals surface area contributed by atoms with Crippen molar-refractivity contribution in [1.29, 1.82) is 0 Å². The molecule has 2 aromatic carbocycles. The number of rotatable bonds is 4. The second-order valence-corrected chi connectivity index (χ2v) is 7.91. The molecule has 0 radical (unpaired) electrons. The zero-order chi connectivity index (χ0) is 20.5. The fourth-order valence-electron chi connectivity index (χ4n) is 3.44. The number of hydrogen-bond acceptors (Lipinski definition) is 4. The summed E-state index contributed by atoms with van der Waals surface area (Å²) in [6, 6.07) is 15.9. The Hall–Kier alpha value is -3.25. The molecule has 146 valence electrons. The van der Waals surface area contributed by atoms with Crippen LogP contribution in [0.25, 0.3) is 5.76 Å². The van der Waals surface area contributed by atoms with E-state index in [9.17, 15) is 19.1 Å². The van der Waals surface area contributed by atoms with Gasteiger partial charge in [-0.2, -0.15) is 0 Å². The third-order valence-corrected chi connectivity index (χ3v) is 5.87. The summed E-state index contributed by atoms with van der Waals surface area (Å²) in [6.45, 7) is 2.06. The predicted molar refractivity (Wildman–Crippen MR) is 110 cm³/mol. The number of Topliss-reactive ketones (excluding diaryl/α,β-unsaturated/α-hetero) is 1. The van der Waals surface area contributed by atoms with Crippen LogP contribution in [0.1, 0.15) is 27.6 Å². The summed E-state index contributed by atoms with van der Waals surface area (Å²) in [7, 11) is 0. The summed E-state index contributed by atoms with van der Waals surface area (Å²) in [5, 5.41) is 12.8. The molecule has 29 heavy (non-hydrogen) atoms. The minimum Gasteiger partial charge on any atom is -0.507 e. The van der Waals surface area contributed by atoms with Crippen molar-refractivity contribution in [3.63, 3.8) is 0 Å². The zero-order valence-corrected chi connectivity index (χ0v) is 16.4. The highest BCUT2D eigenvalue weighted by molar-refractivity contribution is 7.10. The molecule has 0 spiro atoms. The first-order chi connectivity index (χ1) is 14.0. The number of aliphatic hydroxyl groups excluding tert-OH is 1. The van der Waals surface area contributed by atoms with Gasteiger partial charge in [-0.05, 0) is 36.1 Å². The highest BCUT2D eigenvalue weighted by atomic mass is 32.1. The molecule has 6 heteroatoms. The Bertz CT molecular complexity index is 1090. The van der Waals surface area contributed by atoms with E-state index in [-0.39, 0.29) is 23.7 Å². The van der Waals surface area contributed by atoms with E-state index in [2.05, 4.69) is 0 Å². The number of carbonyl (C=O) groups excluding carboxylic acids is 2.